The number of ether oxygens (including phenoxy) is 1. The number of benzene rings is 2. The Kier molecular flexibility index (Phi) is 10.5. The highest BCUT2D eigenvalue weighted by Crippen LogP contribution is 2.30. The van der Waals surface area contributed by atoms with Crippen molar-refractivity contribution in [2.45, 2.75) is 46.2 Å². The van der Waals surface area contributed by atoms with Crippen LogP contribution in [0.1, 0.15) is 39.2 Å². The predicted octanol–water partition coefficient (Wildman–Crippen LogP) is 3.32. The zero-order chi connectivity index (χ0) is 26.0. The van der Waals surface area contributed by atoms with Crippen LogP contribution in [0.2, 0.25) is 0 Å². The molecule has 2 rings (SSSR count). The smallest absolute Gasteiger partial charge is 0.244 e. The first-order chi connectivity index (χ1) is 16.6. The van der Waals surface area contributed by atoms with E-state index in [1.54, 1.807) is 44.2 Å². The number of anilines is 1. The summed E-state index contributed by atoms with van der Waals surface area (Å²) < 4.78 is 46.3. The predicted molar refractivity (Wildman–Crippen MR) is 134 cm³/mol. The van der Waals surface area contributed by atoms with Crippen LogP contribution in [0, 0.1) is 5.82 Å². The maximum absolute atomic E-state index is 14.4. The normalized spacial score (nSPS) is 12.0. The van der Waals surface area contributed by atoms with Gasteiger partial charge >= 0.3 is 0 Å². The van der Waals surface area contributed by atoms with E-state index >= 15 is 0 Å². The lowest BCUT2D eigenvalue weighted by Gasteiger charge is -2.32. The van der Waals surface area contributed by atoms with Gasteiger partial charge in [-0.3, -0.25) is 13.9 Å². The molecule has 0 saturated heterocycles. The van der Waals surface area contributed by atoms with Crippen molar-refractivity contribution in [3.05, 3.63) is 59.9 Å². The summed E-state index contributed by atoms with van der Waals surface area (Å²) in [4.78, 5) is 27.5. The van der Waals surface area contributed by atoms with E-state index in [1.165, 1.54) is 23.1 Å². The third kappa shape index (κ3) is 7.95. The van der Waals surface area contributed by atoms with Gasteiger partial charge in [-0.25, -0.2) is 12.8 Å². The highest BCUT2D eigenvalue weighted by atomic mass is 32.2. The molecule has 192 valence electrons. The van der Waals surface area contributed by atoms with Gasteiger partial charge in [-0.15, -0.1) is 0 Å². The second-order valence-electron chi connectivity index (χ2n) is 8.10. The second kappa shape index (κ2) is 13.1. The van der Waals surface area contributed by atoms with E-state index in [-0.39, 0.29) is 17.8 Å². The molecule has 8 nitrogen and oxygen atoms in total. The monoisotopic (exact) mass is 507 g/mol. The highest BCUT2D eigenvalue weighted by molar-refractivity contribution is 7.92. The van der Waals surface area contributed by atoms with Crippen LogP contribution in [-0.4, -0.2) is 57.1 Å². The number of amides is 2. The average molecular weight is 508 g/mol. The molecule has 10 heteroatoms. The van der Waals surface area contributed by atoms with Crippen LogP contribution in [0.15, 0.2) is 48.5 Å². The SMILES string of the molecule is CCCCNC(=O)C(C)N(Cc1ccccc1F)C(=O)CN(c1ccccc1OCC)S(C)(=O)=O. The van der Waals surface area contributed by atoms with Crippen LogP contribution in [0.25, 0.3) is 0 Å². The van der Waals surface area contributed by atoms with Crippen LogP contribution >= 0.6 is 0 Å². The van der Waals surface area contributed by atoms with Gasteiger partial charge in [-0.1, -0.05) is 43.7 Å². The maximum Gasteiger partial charge on any atom is 0.244 e. The molecular weight excluding hydrogens is 473 g/mol. The number of hydrogen-bond donors (Lipinski definition) is 1. The van der Waals surface area contributed by atoms with Crippen molar-refractivity contribution in [1.29, 1.82) is 0 Å². The van der Waals surface area contributed by atoms with Crippen LogP contribution in [-0.2, 0) is 26.2 Å². The van der Waals surface area contributed by atoms with E-state index in [0.717, 1.165) is 23.4 Å². The van der Waals surface area contributed by atoms with Crippen LogP contribution < -0.4 is 14.4 Å². The van der Waals surface area contributed by atoms with E-state index in [2.05, 4.69) is 5.32 Å². The van der Waals surface area contributed by atoms with E-state index in [9.17, 15) is 22.4 Å². The van der Waals surface area contributed by atoms with Crippen molar-refractivity contribution in [3.8, 4) is 5.75 Å². The fourth-order valence-electron chi connectivity index (χ4n) is 3.46. The maximum atomic E-state index is 14.4. The van der Waals surface area contributed by atoms with Crippen LogP contribution in [0.5, 0.6) is 5.75 Å². The van der Waals surface area contributed by atoms with Gasteiger partial charge in [0, 0.05) is 18.7 Å². The molecule has 0 radical (unpaired) electrons. The summed E-state index contributed by atoms with van der Waals surface area (Å²) in [7, 11) is -3.90. The molecule has 1 unspecified atom stereocenters. The summed E-state index contributed by atoms with van der Waals surface area (Å²) in [6.07, 6.45) is 2.65. The highest BCUT2D eigenvalue weighted by Gasteiger charge is 2.31. The number of para-hydroxylation sites is 2. The Labute approximate surface area is 207 Å². The van der Waals surface area contributed by atoms with Crippen molar-refractivity contribution in [1.82, 2.24) is 10.2 Å². The molecule has 0 aliphatic rings. The third-order valence-corrected chi connectivity index (χ3v) is 6.53. The molecule has 2 aromatic carbocycles. The van der Waals surface area contributed by atoms with E-state index in [1.807, 2.05) is 6.92 Å². The Morgan fingerprint density at radius 1 is 1.09 bits per heavy atom. The summed E-state index contributed by atoms with van der Waals surface area (Å²) in [5, 5.41) is 2.78. The van der Waals surface area contributed by atoms with Gasteiger partial charge in [0.1, 0.15) is 24.2 Å². The Bertz CT molecular complexity index is 1110. The molecule has 0 saturated carbocycles. The fraction of sp³-hybridized carbons (Fsp3) is 0.440. The molecule has 0 aromatic heterocycles. The van der Waals surface area contributed by atoms with E-state index < -0.39 is 40.2 Å². The molecule has 0 aliphatic carbocycles. The van der Waals surface area contributed by atoms with Crippen molar-refractivity contribution in [2.75, 3.05) is 30.3 Å². The number of carbonyl (C=O) groups is 2. The zero-order valence-electron chi connectivity index (χ0n) is 20.7. The zero-order valence-corrected chi connectivity index (χ0v) is 21.5. The van der Waals surface area contributed by atoms with Gasteiger partial charge in [0.15, 0.2) is 0 Å². The van der Waals surface area contributed by atoms with E-state index in [4.69, 9.17) is 4.74 Å². The number of nitrogens with one attached hydrogen (secondary N) is 1. The topological polar surface area (TPSA) is 96.0 Å². The third-order valence-electron chi connectivity index (χ3n) is 5.41. The van der Waals surface area contributed by atoms with Gasteiger partial charge in [-0.2, -0.15) is 0 Å². The Balaban J connectivity index is 2.41. The van der Waals surface area contributed by atoms with Crippen molar-refractivity contribution in [3.63, 3.8) is 0 Å². The number of halogens is 1. The number of rotatable bonds is 13. The molecule has 0 aliphatic heterocycles. The van der Waals surface area contributed by atoms with Gasteiger partial charge in [0.2, 0.25) is 21.8 Å². The van der Waals surface area contributed by atoms with Crippen molar-refractivity contribution < 1.29 is 27.1 Å². The molecule has 1 N–H and O–H groups in total. The molecule has 0 bridgehead atoms. The number of unbranched alkanes of at least 4 members (excludes halogenated alkanes) is 1. The molecule has 0 spiro atoms. The van der Waals surface area contributed by atoms with Gasteiger partial charge in [0.25, 0.3) is 0 Å². The lowest BCUT2D eigenvalue weighted by Crippen LogP contribution is -2.51. The number of sulfonamides is 1. The Hall–Kier alpha value is -3.14. The van der Waals surface area contributed by atoms with Crippen molar-refractivity contribution >= 4 is 27.5 Å². The molecule has 0 heterocycles. The first-order valence-electron chi connectivity index (χ1n) is 11.6. The Morgan fingerprint density at radius 3 is 2.37 bits per heavy atom. The lowest BCUT2D eigenvalue weighted by atomic mass is 10.1. The van der Waals surface area contributed by atoms with Crippen LogP contribution in [0.3, 0.4) is 0 Å². The summed E-state index contributed by atoms with van der Waals surface area (Å²) in [6.45, 7) is 5.27. The fourth-order valence-corrected chi connectivity index (χ4v) is 4.32. The summed E-state index contributed by atoms with van der Waals surface area (Å²) in [5.41, 5.74) is 0.422. The minimum Gasteiger partial charge on any atom is -0.492 e. The van der Waals surface area contributed by atoms with Gasteiger partial charge in [-0.05, 0) is 38.5 Å². The molecular formula is C25H34FN3O5S. The first-order valence-corrected chi connectivity index (χ1v) is 13.4. The minimum atomic E-state index is -3.90. The van der Waals surface area contributed by atoms with Crippen molar-refractivity contribution in [2.24, 2.45) is 0 Å². The minimum absolute atomic E-state index is 0.196. The molecule has 0 fully saturated rings. The average Bonchev–Trinajstić information content (AvgIpc) is 2.81. The quantitative estimate of drug-likeness (QED) is 0.420. The molecule has 2 aromatic rings. The number of hydrogen-bond acceptors (Lipinski definition) is 5. The molecule has 1 atom stereocenters. The summed E-state index contributed by atoms with van der Waals surface area (Å²) in [5.74, 6) is -1.27. The number of nitrogens with zero attached hydrogens (tertiary/aromatic N) is 2. The van der Waals surface area contributed by atoms with Gasteiger partial charge < -0.3 is 15.0 Å². The molecule has 2 amide bonds. The first kappa shape index (κ1) is 28.1. The standard InChI is InChI=1S/C25H34FN3O5S/c1-5-7-16-27-25(31)19(3)28(17-20-12-8-9-13-21(20)26)24(30)18-29(35(4,32)33)22-14-10-11-15-23(22)34-6-2/h8-15,19H,5-7,16-18H2,1-4H3,(H,27,31). The molecule has 35 heavy (non-hydrogen) atoms. The number of carbonyl (C=O) groups excluding carboxylic acids is 2. The lowest BCUT2D eigenvalue weighted by molar-refractivity contribution is -0.139. The van der Waals surface area contributed by atoms with Gasteiger partial charge in [0.05, 0.1) is 18.6 Å². The second-order valence-corrected chi connectivity index (χ2v) is 10.0. The summed E-state index contributed by atoms with van der Waals surface area (Å²) >= 11 is 0. The summed E-state index contributed by atoms with van der Waals surface area (Å²) in [6, 6.07) is 11.5. The largest absolute Gasteiger partial charge is 0.492 e. The Morgan fingerprint density at radius 2 is 1.74 bits per heavy atom. The van der Waals surface area contributed by atoms with E-state index in [0.29, 0.717) is 18.9 Å². The van der Waals surface area contributed by atoms with Crippen LogP contribution in [0.4, 0.5) is 10.1 Å².